The van der Waals surface area contributed by atoms with Crippen LogP contribution in [0.4, 0.5) is 0 Å². The van der Waals surface area contributed by atoms with E-state index in [0.29, 0.717) is 5.41 Å². The number of imidazole rings is 1. The summed E-state index contributed by atoms with van der Waals surface area (Å²) < 4.78 is 2.18. The molecule has 0 atom stereocenters. The van der Waals surface area contributed by atoms with E-state index in [1.807, 2.05) is 0 Å². The monoisotopic (exact) mass is 251 g/mol. The molecule has 0 spiro atoms. The lowest BCUT2D eigenvalue weighted by molar-refractivity contribution is 0.366. The van der Waals surface area contributed by atoms with Crippen LogP contribution in [-0.2, 0) is 6.54 Å². The van der Waals surface area contributed by atoms with Gasteiger partial charge in [-0.3, -0.25) is 4.40 Å². The van der Waals surface area contributed by atoms with Gasteiger partial charge in [0, 0.05) is 18.1 Å². The van der Waals surface area contributed by atoms with Gasteiger partial charge >= 0.3 is 0 Å². The fraction of sp³-hybridized carbons (Fsp3) is 0.615. The smallest absolute Gasteiger partial charge is 0.194 e. The summed E-state index contributed by atoms with van der Waals surface area (Å²) in [6.45, 7) is 10.9. The Kier molecular flexibility index (Phi) is 3.54. The predicted octanol–water partition coefficient (Wildman–Crippen LogP) is 3.23. The lowest BCUT2D eigenvalue weighted by Crippen LogP contribution is -2.21. The minimum absolute atomic E-state index is 0.400. The molecule has 17 heavy (non-hydrogen) atoms. The Morgan fingerprint density at radius 2 is 2.18 bits per heavy atom. The van der Waals surface area contributed by atoms with Crippen molar-refractivity contribution >= 4 is 16.3 Å². The molecule has 0 fully saturated rings. The van der Waals surface area contributed by atoms with Crippen molar-refractivity contribution in [3.8, 4) is 0 Å². The van der Waals surface area contributed by atoms with E-state index in [2.05, 4.69) is 54.0 Å². The van der Waals surface area contributed by atoms with E-state index in [9.17, 15) is 0 Å². The topological polar surface area (TPSA) is 29.3 Å². The lowest BCUT2D eigenvalue weighted by Gasteiger charge is -2.18. The number of aromatic nitrogens is 2. The van der Waals surface area contributed by atoms with E-state index in [1.54, 1.807) is 11.3 Å². The first kappa shape index (κ1) is 12.6. The number of rotatable bonds is 4. The van der Waals surface area contributed by atoms with Gasteiger partial charge in [-0.1, -0.05) is 20.8 Å². The van der Waals surface area contributed by atoms with Gasteiger partial charge in [0.05, 0.1) is 11.4 Å². The number of fused-ring (bicyclic) bond motifs is 1. The van der Waals surface area contributed by atoms with Crippen LogP contribution in [0.15, 0.2) is 11.6 Å². The number of nitrogens with zero attached hydrogens (tertiary/aromatic N) is 2. The number of hydrogen-bond donors (Lipinski definition) is 1. The zero-order valence-corrected chi connectivity index (χ0v) is 11.9. The highest BCUT2D eigenvalue weighted by molar-refractivity contribution is 7.15. The number of hydrogen-bond acceptors (Lipinski definition) is 3. The summed E-state index contributed by atoms with van der Waals surface area (Å²) in [5, 5.41) is 5.59. The van der Waals surface area contributed by atoms with E-state index in [-0.39, 0.29) is 0 Å². The minimum atomic E-state index is 0.400. The van der Waals surface area contributed by atoms with Crippen molar-refractivity contribution in [2.24, 2.45) is 5.41 Å². The summed E-state index contributed by atoms with van der Waals surface area (Å²) in [7, 11) is 0. The molecule has 0 unspecified atom stereocenters. The number of thiazole rings is 1. The van der Waals surface area contributed by atoms with Gasteiger partial charge < -0.3 is 5.32 Å². The predicted molar refractivity (Wildman–Crippen MR) is 73.6 cm³/mol. The minimum Gasteiger partial charge on any atom is -0.311 e. The van der Waals surface area contributed by atoms with Gasteiger partial charge in [0.25, 0.3) is 0 Å². The van der Waals surface area contributed by atoms with E-state index in [0.717, 1.165) is 23.7 Å². The molecule has 2 heterocycles. The molecule has 94 valence electrons. The fourth-order valence-corrected chi connectivity index (χ4v) is 2.60. The highest BCUT2D eigenvalue weighted by Crippen LogP contribution is 2.18. The number of aryl methyl sites for hydroxylation is 1. The maximum Gasteiger partial charge on any atom is 0.194 e. The Bertz CT molecular complexity index is 490. The first-order valence-electron chi connectivity index (χ1n) is 6.09. The second kappa shape index (κ2) is 4.78. The van der Waals surface area contributed by atoms with Crippen LogP contribution in [0, 0.1) is 12.3 Å². The van der Waals surface area contributed by atoms with Crippen molar-refractivity contribution < 1.29 is 0 Å². The Morgan fingerprint density at radius 3 is 2.88 bits per heavy atom. The van der Waals surface area contributed by atoms with Crippen LogP contribution in [0.3, 0.4) is 0 Å². The third-order valence-corrected chi connectivity index (χ3v) is 3.66. The van der Waals surface area contributed by atoms with Crippen molar-refractivity contribution in [3.05, 3.63) is 23.0 Å². The van der Waals surface area contributed by atoms with Crippen molar-refractivity contribution in [2.75, 3.05) is 6.54 Å². The van der Waals surface area contributed by atoms with Crippen molar-refractivity contribution in [3.63, 3.8) is 0 Å². The molecular formula is C13H21N3S. The summed E-state index contributed by atoms with van der Waals surface area (Å²) in [5.74, 6) is 0. The highest BCUT2D eigenvalue weighted by atomic mass is 32.1. The third-order valence-electron chi connectivity index (χ3n) is 2.91. The molecule has 0 aromatic carbocycles. The zero-order valence-electron chi connectivity index (χ0n) is 11.1. The van der Waals surface area contributed by atoms with Crippen molar-refractivity contribution in [1.29, 1.82) is 0 Å². The molecule has 2 rings (SSSR count). The maximum atomic E-state index is 4.54. The molecule has 4 heteroatoms. The summed E-state index contributed by atoms with van der Waals surface area (Å²) in [6, 6.07) is 0. The molecule has 0 amide bonds. The van der Waals surface area contributed by atoms with E-state index in [4.69, 9.17) is 0 Å². The maximum absolute atomic E-state index is 4.54. The Balaban J connectivity index is 1.94. The Hall–Kier alpha value is -0.870. The lowest BCUT2D eigenvalue weighted by atomic mass is 9.92. The summed E-state index contributed by atoms with van der Waals surface area (Å²) in [4.78, 5) is 5.63. The molecule has 0 saturated heterocycles. The molecular weight excluding hydrogens is 230 g/mol. The molecule has 2 aromatic rings. The van der Waals surface area contributed by atoms with Gasteiger partial charge in [0.15, 0.2) is 4.96 Å². The molecule has 2 aromatic heterocycles. The van der Waals surface area contributed by atoms with E-state index >= 15 is 0 Å². The first-order valence-corrected chi connectivity index (χ1v) is 6.97. The summed E-state index contributed by atoms with van der Waals surface area (Å²) in [5.41, 5.74) is 2.83. The fourth-order valence-electron chi connectivity index (χ4n) is 1.82. The quantitative estimate of drug-likeness (QED) is 0.845. The largest absolute Gasteiger partial charge is 0.311 e. The molecule has 1 N–H and O–H groups in total. The summed E-state index contributed by atoms with van der Waals surface area (Å²) in [6.07, 6.45) is 3.29. The van der Waals surface area contributed by atoms with Crippen LogP contribution < -0.4 is 5.32 Å². The van der Waals surface area contributed by atoms with Crippen LogP contribution in [0.2, 0.25) is 0 Å². The third kappa shape index (κ3) is 3.07. The molecule has 0 aliphatic carbocycles. The van der Waals surface area contributed by atoms with Gasteiger partial charge in [-0.2, -0.15) is 0 Å². The summed E-state index contributed by atoms with van der Waals surface area (Å²) >= 11 is 1.69. The van der Waals surface area contributed by atoms with Crippen LogP contribution >= 0.6 is 11.3 Å². The van der Waals surface area contributed by atoms with E-state index in [1.165, 1.54) is 12.1 Å². The SMILES string of the molecule is Cc1nc2sccn2c1CNCCC(C)(C)C. The van der Waals surface area contributed by atoms with Crippen LogP contribution in [0.1, 0.15) is 38.6 Å². The Morgan fingerprint density at radius 1 is 1.41 bits per heavy atom. The van der Waals surface area contributed by atoms with Gasteiger partial charge in [-0.15, -0.1) is 11.3 Å². The van der Waals surface area contributed by atoms with Crippen LogP contribution in [0.5, 0.6) is 0 Å². The number of nitrogens with one attached hydrogen (secondary N) is 1. The standard InChI is InChI=1S/C13H21N3S/c1-10-11(9-14-6-5-13(2,3)4)16-7-8-17-12(16)15-10/h7-8,14H,5-6,9H2,1-4H3. The molecule has 0 radical (unpaired) electrons. The van der Waals surface area contributed by atoms with Crippen LogP contribution in [-0.4, -0.2) is 15.9 Å². The van der Waals surface area contributed by atoms with Gasteiger partial charge in [-0.25, -0.2) is 4.98 Å². The second-order valence-electron chi connectivity index (χ2n) is 5.69. The van der Waals surface area contributed by atoms with Crippen molar-refractivity contribution in [1.82, 2.24) is 14.7 Å². The zero-order chi connectivity index (χ0) is 12.5. The van der Waals surface area contributed by atoms with Gasteiger partial charge in [0.1, 0.15) is 0 Å². The van der Waals surface area contributed by atoms with Crippen molar-refractivity contribution in [2.45, 2.75) is 40.7 Å². The molecule has 0 aliphatic heterocycles. The van der Waals surface area contributed by atoms with Gasteiger partial charge in [0.2, 0.25) is 0 Å². The Labute approximate surface area is 107 Å². The van der Waals surface area contributed by atoms with E-state index < -0.39 is 0 Å². The van der Waals surface area contributed by atoms with Crippen LogP contribution in [0.25, 0.3) is 4.96 Å². The highest BCUT2D eigenvalue weighted by Gasteiger charge is 2.11. The average Bonchev–Trinajstić information content (AvgIpc) is 2.73. The average molecular weight is 251 g/mol. The molecule has 3 nitrogen and oxygen atoms in total. The van der Waals surface area contributed by atoms with Gasteiger partial charge in [-0.05, 0) is 25.3 Å². The second-order valence-corrected chi connectivity index (χ2v) is 6.56. The molecule has 0 bridgehead atoms. The normalized spacial score (nSPS) is 12.5. The molecule has 0 aliphatic rings. The first-order chi connectivity index (χ1) is 7.97. The molecule has 0 saturated carbocycles.